The summed E-state index contributed by atoms with van der Waals surface area (Å²) < 4.78 is 14.9. The molecule has 17 heavy (non-hydrogen) atoms. The van der Waals surface area contributed by atoms with E-state index in [1.54, 1.807) is 18.2 Å². The maximum absolute atomic E-state index is 10.6. The van der Waals surface area contributed by atoms with Gasteiger partial charge in [-0.15, -0.1) is 0 Å². The summed E-state index contributed by atoms with van der Waals surface area (Å²) in [7, 11) is 1.50. The van der Waals surface area contributed by atoms with Crippen LogP contribution in [0.1, 0.15) is 11.7 Å². The van der Waals surface area contributed by atoms with E-state index in [0.717, 1.165) is 0 Å². The van der Waals surface area contributed by atoms with Gasteiger partial charge in [-0.1, -0.05) is 29.8 Å². The highest BCUT2D eigenvalue weighted by Crippen LogP contribution is 2.25. The first-order valence-corrected chi connectivity index (χ1v) is 5.30. The van der Waals surface area contributed by atoms with Crippen LogP contribution in [-0.2, 0) is 14.2 Å². The Labute approximate surface area is 104 Å². The molecule has 1 rings (SSSR count). The van der Waals surface area contributed by atoms with Gasteiger partial charge in [-0.25, -0.2) is 4.79 Å². The topological polar surface area (TPSA) is 70.8 Å². The van der Waals surface area contributed by atoms with E-state index < -0.39 is 12.2 Å². The second-order valence-corrected chi connectivity index (χ2v) is 3.62. The third kappa shape index (κ3) is 4.60. The van der Waals surface area contributed by atoms with Crippen molar-refractivity contribution in [3.8, 4) is 0 Å². The van der Waals surface area contributed by atoms with Gasteiger partial charge in [-0.3, -0.25) is 0 Å². The number of hydrogen-bond donors (Lipinski definition) is 1. The van der Waals surface area contributed by atoms with E-state index in [0.29, 0.717) is 10.6 Å². The van der Waals surface area contributed by atoms with Crippen LogP contribution in [0.3, 0.4) is 0 Å². The monoisotopic (exact) mass is 259 g/mol. The highest BCUT2D eigenvalue weighted by Gasteiger charge is 2.16. The second kappa shape index (κ2) is 7.11. The summed E-state index contributed by atoms with van der Waals surface area (Å²) in [6.45, 7) is 0.0560. The van der Waals surface area contributed by atoms with Gasteiger partial charge in [0.25, 0.3) is 0 Å². The molecule has 1 aromatic carbocycles. The Hall–Kier alpha value is -1.30. The maximum Gasteiger partial charge on any atom is 0.404 e. The van der Waals surface area contributed by atoms with Crippen molar-refractivity contribution in [2.75, 3.05) is 20.5 Å². The standard InChI is InChI=1S/C11H14ClNO4/c1-15-7-17-10(6-16-11(13)14)8-4-2-3-5-9(8)12/h2-5,10H,6-7H2,1H3,(H2,13,14)/t10-/m1/s1. The van der Waals surface area contributed by atoms with Crippen LogP contribution in [0.5, 0.6) is 0 Å². The van der Waals surface area contributed by atoms with Crippen LogP contribution in [0.4, 0.5) is 4.79 Å². The Bertz CT molecular complexity index is 372. The summed E-state index contributed by atoms with van der Waals surface area (Å²) in [5.74, 6) is 0. The molecule has 0 saturated heterocycles. The van der Waals surface area contributed by atoms with E-state index in [4.69, 9.17) is 31.5 Å². The average molecular weight is 260 g/mol. The van der Waals surface area contributed by atoms with E-state index in [1.165, 1.54) is 7.11 Å². The first kappa shape index (κ1) is 13.8. The number of carbonyl (C=O) groups is 1. The van der Waals surface area contributed by atoms with Gasteiger partial charge in [0.2, 0.25) is 0 Å². The number of rotatable bonds is 6. The van der Waals surface area contributed by atoms with Gasteiger partial charge < -0.3 is 19.9 Å². The zero-order valence-electron chi connectivity index (χ0n) is 9.39. The predicted octanol–water partition coefficient (Wildman–Crippen LogP) is 2.10. The molecule has 0 aliphatic rings. The quantitative estimate of drug-likeness (QED) is 0.794. The highest BCUT2D eigenvalue weighted by atomic mass is 35.5. The number of benzene rings is 1. The van der Waals surface area contributed by atoms with Crippen LogP contribution in [0.2, 0.25) is 5.02 Å². The van der Waals surface area contributed by atoms with Crippen molar-refractivity contribution in [3.63, 3.8) is 0 Å². The van der Waals surface area contributed by atoms with E-state index in [1.807, 2.05) is 6.07 Å². The molecular formula is C11H14ClNO4. The molecule has 0 aliphatic carbocycles. The maximum atomic E-state index is 10.6. The Morgan fingerprint density at radius 3 is 2.76 bits per heavy atom. The van der Waals surface area contributed by atoms with Crippen molar-refractivity contribution in [2.45, 2.75) is 6.10 Å². The van der Waals surface area contributed by atoms with Gasteiger partial charge in [0.1, 0.15) is 19.5 Å². The average Bonchev–Trinajstić information content (AvgIpc) is 2.30. The number of ether oxygens (including phenoxy) is 3. The zero-order chi connectivity index (χ0) is 12.7. The Morgan fingerprint density at radius 2 is 2.18 bits per heavy atom. The van der Waals surface area contributed by atoms with Crippen LogP contribution in [0.25, 0.3) is 0 Å². The van der Waals surface area contributed by atoms with E-state index >= 15 is 0 Å². The SMILES string of the molecule is COCO[C@H](COC(N)=O)c1ccccc1Cl. The Kier molecular flexibility index (Phi) is 5.76. The molecule has 2 N–H and O–H groups in total. The molecule has 0 unspecified atom stereocenters. The lowest BCUT2D eigenvalue weighted by Crippen LogP contribution is -2.20. The first-order valence-electron chi connectivity index (χ1n) is 4.92. The van der Waals surface area contributed by atoms with Crippen molar-refractivity contribution < 1.29 is 19.0 Å². The smallest absolute Gasteiger partial charge is 0.404 e. The van der Waals surface area contributed by atoms with Gasteiger partial charge in [-0.2, -0.15) is 0 Å². The molecule has 0 heterocycles. The molecule has 0 bridgehead atoms. The fraction of sp³-hybridized carbons (Fsp3) is 0.364. The summed E-state index contributed by atoms with van der Waals surface area (Å²) >= 11 is 6.02. The van der Waals surface area contributed by atoms with Gasteiger partial charge in [0.05, 0.1) is 0 Å². The fourth-order valence-corrected chi connectivity index (χ4v) is 1.53. The third-order valence-corrected chi connectivity index (χ3v) is 2.36. The lowest BCUT2D eigenvalue weighted by molar-refractivity contribution is -0.0895. The number of hydrogen-bond acceptors (Lipinski definition) is 4. The summed E-state index contributed by atoms with van der Waals surface area (Å²) in [4.78, 5) is 10.6. The minimum atomic E-state index is -0.858. The lowest BCUT2D eigenvalue weighted by atomic mass is 10.1. The van der Waals surface area contributed by atoms with Gasteiger partial charge >= 0.3 is 6.09 Å². The number of carbonyl (C=O) groups excluding carboxylic acids is 1. The van der Waals surface area contributed by atoms with Crippen molar-refractivity contribution in [1.29, 1.82) is 0 Å². The summed E-state index contributed by atoms with van der Waals surface area (Å²) in [5, 5.41) is 0.529. The first-order chi connectivity index (χ1) is 8.15. The van der Waals surface area contributed by atoms with Gasteiger partial charge in [-0.05, 0) is 6.07 Å². The van der Waals surface area contributed by atoms with Crippen LogP contribution in [0, 0.1) is 0 Å². The number of halogens is 1. The van der Waals surface area contributed by atoms with E-state index in [9.17, 15) is 4.79 Å². The van der Waals surface area contributed by atoms with E-state index in [-0.39, 0.29) is 13.4 Å². The zero-order valence-corrected chi connectivity index (χ0v) is 10.1. The van der Waals surface area contributed by atoms with Crippen LogP contribution in [-0.4, -0.2) is 26.6 Å². The lowest BCUT2D eigenvalue weighted by Gasteiger charge is -2.18. The minimum absolute atomic E-state index is 0.0115. The van der Waals surface area contributed by atoms with E-state index in [2.05, 4.69) is 0 Å². The van der Waals surface area contributed by atoms with Crippen LogP contribution >= 0.6 is 11.6 Å². The van der Waals surface area contributed by atoms with Gasteiger partial charge in [0, 0.05) is 17.7 Å². The Morgan fingerprint density at radius 1 is 1.47 bits per heavy atom. The molecular weight excluding hydrogens is 246 g/mol. The number of amides is 1. The molecule has 1 aromatic rings. The van der Waals surface area contributed by atoms with Crippen LogP contribution < -0.4 is 5.73 Å². The second-order valence-electron chi connectivity index (χ2n) is 3.21. The summed E-state index contributed by atoms with van der Waals surface area (Å²) in [5.41, 5.74) is 5.62. The molecule has 0 aliphatic heterocycles. The normalized spacial score (nSPS) is 12.1. The number of methoxy groups -OCH3 is 1. The molecule has 0 saturated carbocycles. The van der Waals surface area contributed by atoms with Gasteiger partial charge in [0.15, 0.2) is 0 Å². The molecule has 6 heteroatoms. The molecule has 0 spiro atoms. The van der Waals surface area contributed by atoms with Crippen molar-refractivity contribution in [2.24, 2.45) is 5.73 Å². The molecule has 1 amide bonds. The minimum Gasteiger partial charge on any atom is -0.447 e. The van der Waals surface area contributed by atoms with Crippen molar-refractivity contribution in [3.05, 3.63) is 34.9 Å². The Balaban J connectivity index is 2.74. The highest BCUT2D eigenvalue weighted by molar-refractivity contribution is 6.31. The number of nitrogens with two attached hydrogens (primary N) is 1. The molecule has 94 valence electrons. The van der Waals surface area contributed by atoms with Crippen molar-refractivity contribution >= 4 is 17.7 Å². The summed E-state index contributed by atoms with van der Waals surface area (Å²) in [6, 6.07) is 7.13. The molecule has 0 fully saturated rings. The summed E-state index contributed by atoms with van der Waals surface area (Å²) in [6.07, 6.45) is -1.36. The molecule has 5 nitrogen and oxygen atoms in total. The predicted molar refractivity (Wildman–Crippen MR) is 62.7 cm³/mol. The van der Waals surface area contributed by atoms with Crippen LogP contribution in [0.15, 0.2) is 24.3 Å². The fourth-order valence-electron chi connectivity index (χ4n) is 1.27. The third-order valence-electron chi connectivity index (χ3n) is 2.02. The molecule has 1 atom stereocenters. The largest absolute Gasteiger partial charge is 0.447 e. The molecule has 0 radical (unpaired) electrons. The molecule has 0 aromatic heterocycles. The van der Waals surface area contributed by atoms with Crippen molar-refractivity contribution in [1.82, 2.24) is 0 Å². The number of primary amides is 1.